The van der Waals surface area contributed by atoms with Crippen molar-refractivity contribution in [3.63, 3.8) is 0 Å². The molecule has 0 N–H and O–H groups in total. The number of carbonyl (C=O) groups excluding carboxylic acids is 2. The van der Waals surface area contributed by atoms with Gasteiger partial charge in [-0.3, -0.25) is 4.98 Å². The minimum absolute atomic E-state index is 0.327. The Morgan fingerprint density at radius 1 is 1.30 bits per heavy atom. The number of nitrogens with zero attached hydrogens (tertiary/aromatic N) is 2. The van der Waals surface area contributed by atoms with Gasteiger partial charge in [0.25, 0.3) is 0 Å². The number of rotatable bonds is 2. The van der Waals surface area contributed by atoms with Crippen LogP contribution >= 0.6 is 0 Å². The van der Waals surface area contributed by atoms with Crippen LogP contribution in [0.1, 0.15) is 43.1 Å². The van der Waals surface area contributed by atoms with E-state index in [2.05, 4.69) is 4.98 Å². The largest absolute Gasteiger partial charge is 0.465 e. The number of pyridine rings is 1. The van der Waals surface area contributed by atoms with E-state index in [1.165, 1.54) is 7.11 Å². The van der Waals surface area contributed by atoms with Gasteiger partial charge >= 0.3 is 12.1 Å². The summed E-state index contributed by atoms with van der Waals surface area (Å²) in [6, 6.07) is 1.64. The number of ether oxygens (including phenoxy) is 2. The quantitative estimate of drug-likeness (QED) is 0.784. The zero-order valence-electron chi connectivity index (χ0n) is 14.0. The van der Waals surface area contributed by atoms with Crippen LogP contribution < -0.4 is 0 Å². The van der Waals surface area contributed by atoms with Gasteiger partial charge < -0.3 is 14.4 Å². The summed E-state index contributed by atoms with van der Waals surface area (Å²) in [4.78, 5) is 29.6. The van der Waals surface area contributed by atoms with Crippen LogP contribution in [0, 0.1) is 0 Å². The molecular weight excluding hydrogens is 296 g/mol. The summed E-state index contributed by atoms with van der Waals surface area (Å²) in [5, 5.41) is 0. The molecule has 0 fully saturated rings. The molecule has 0 atom stereocenters. The normalized spacial score (nSPS) is 15.0. The highest BCUT2D eigenvalue weighted by molar-refractivity contribution is 5.95. The maximum Gasteiger partial charge on any atom is 0.410 e. The Hall–Kier alpha value is -2.37. The minimum atomic E-state index is -0.511. The third-order valence-electron chi connectivity index (χ3n) is 3.43. The van der Waals surface area contributed by atoms with Gasteiger partial charge in [0.05, 0.1) is 12.7 Å². The average Bonchev–Trinajstić information content (AvgIpc) is 2.52. The Balaban J connectivity index is 2.14. The van der Waals surface area contributed by atoms with Gasteiger partial charge in [0.2, 0.25) is 0 Å². The topological polar surface area (TPSA) is 68.7 Å². The molecule has 0 unspecified atom stereocenters. The first-order valence-corrected chi connectivity index (χ1v) is 7.51. The number of carbonyl (C=O) groups is 2. The second kappa shape index (κ2) is 6.81. The van der Waals surface area contributed by atoms with Gasteiger partial charge in [0.15, 0.2) is 0 Å². The number of amides is 1. The number of aromatic nitrogens is 1. The van der Waals surface area contributed by atoms with Crippen LogP contribution in [0.5, 0.6) is 0 Å². The molecule has 1 aliphatic heterocycles. The molecule has 0 saturated carbocycles. The molecule has 0 bridgehead atoms. The van der Waals surface area contributed by atoms with Crippen molar-refractivity contribution in [1.82, 2.24) is 9.88 Å². The fraction of sp³-hybridized carbons (Fsp3) is 0.471. The zero-order valence-corrected chi connectivity index (χ0v) is 14.0. The Labute approximate surface area is 136 Å². The van der Waals surface area contributed by atoms with E-state index in [4.69, 9.17) is 9.47 Å². The number of hydrogen-bond acceptors (Lipinski definition) is 5. The predicted molar refractivity (Wildman–Crippen MR) is 86.0 cm³/mol. The lowest BCUT2D eigenvalue weighted by molar-refractivity contribution is 0.0270. The van der Waals surface area contributed by atoms with Crippen molar-refractivity contribution in [3.8, 4) is 0 Å². The van der Waals surface area contributed by atoms with Crippen LogP contribution in [0.25, 0.3) is 5.57 Å². The van der Waals surface area contributed by atoms with Gasteiger partial charge in [-0.2, -0.15) is 0 Å². The van der Waals surface area contributed by atoms with Crippen molar-refractivity contribution in [3.05, 3.63) is 35.7 Å². The summed E-state index contributed by atoms with van der Waals surface area (Å²) in [5.74, 6) is -0.391. The van der Waals surface area contributed by atoms with Crippen LogP contribution in [0.2, 0.25) is 0 Å². The third-order valence-corrected chi connectivity index (χ3v) is 3.43. The van der Waals surface area contributed by atoms with Crippen LogP contribution in [-0.4, -0.2) is 47.7 Å². The van der Waals surface area contributed by atoms with E-state index in [0.717, 1.165) is 11.1 Å². The first-order chi connectivity index (χ1) is 10.8. The van der Waals surface area contributed by atoms with Crippen LogP contribution in [0.15, 0.2) is 24.5 Å². The van der Waals surface area contributed by atoms with Gasteiger partial charge in [-0.05, 0) is 38.8 Å². The van der Waals surface area contributed by atoms with Crippen molar-refractivity contribution in [2.75, 3.05) is 20.2 Å². The van der Waals surface area contributed by atoms with Crippen LogP contribution in [-0.2, 0) is 9.47 Å². The standard InChI is InChI=1S/C17H22N2O4/c1-17(2,3)23-16(21)19-9-6-12(7-10-19)14-11-18-8-5-13(14)15(20)22-4/h5-6,8,11H,7,9-10H2,1-4H3. The molecule has 0 saturated heterocycles. The lowest BCUT2D eigenvalue weighted by Gasteiger charge is -2.29. The van der Waals surface area contributed by atoms with E-state index in [0.29, 0.717) is 25.1 Å². The van der Waals surface area contributed by atoms with Gasteiger partial charge in [-0.15, -0.1) is 0 Å². The van der Waals surface area contributed by atoms with Crippen molar-refractivity contribution >= 4 is 17.6 Å². The molecule has 6 heteroatoms. The Morgan fingerprint density at radius 3 is 2.61 bits per heavy atom. The number of methoxy groups -OCH3 is 1. The molecule has 0 aliphatic carbocycles. The Kier molecular flexibility index (Phi) is 5.03. The van der Waals surface area contributed by atoms with Crippen molar-refractivity contribution in [1.29, 1.82) is 0 Å². The van der Waals surface area contributed by atoms with E-state index in [-0.39, 0.29) is 6.09 Å². The molecule has 1 aromatic rings. The van der Waals surface area contributed by atoms with E-state index in [1.54, 1.807) is 23.4 Å². The first kappa shape index (κ1) is 17.0. The highest BCUT2D eigenvalue weighted by atomic mass is 16.6. The van der Waals surface area contributed by atoms with Crippen molar-refractivity contribution < 1.29 is 19.1 Å². The van der Waals surface area contributed by atoms with Crippen molar-refractivity contribution in [2.24, 2.45) is 0 Å². The summed E-state index contributed by atoms with van der Waals surface area (Å²) in [7, 11) is 1.35. The molecule has 1 aliphatic rings. The van der Waals surface area contributed by atoms with E-state index in [9.17, 15) is 9.59 Å². The van der Waals surface area contributed by atoms with Gasteiger partial charge in [-0.25, -0.2) is 9.59 Å². The van der Waals surface area contributed by atoms with Crippen molar-refractivity contribution in [2.45, 2.75) is 32.8 Å². The average molecular weight is 318 g/mol. The first-order valence-electron chi connectivity index (χ1n) is 7.51. The predicted octanol–water partition coefficient (Wildman–Crippen LogP) is 2.89. The smallest absolute Gasteiger partial charge is 0.410 e. The minimum Gasteiger partial charge on any atom is -0.465 e. The van der Waals surface area contributed by atoms with Gasteiger partial charge in [0.1, 0.15) is 5.60 Å². The van der Waals surface area contributed by atoms with E-state index >= 15 is 0 Å². The maximum absolute atomic E-state index is 12.1. The van der Waals surface area contributed by atoms with E-state index < -0.39 is 11.6 Å². The molecule has 124 valence electrons. The monoisotopic (exact) mass is 318 g/mol. The molecule has 6 nitrogen and oxygen atoms in total. The number of hydrogen-bond donors (Lipinski definition) is 0. The summed E-state index contributed by atoms with van der Waals surface area (Å²) in [6.45, 7) is 6.51. The lowest BCUT2D eigenvalue weighted by atomic mass is 9.97. The fourth-order valence-electron chi connectivity index (χ4n) is 2.34. The molecule has 1 aromatic heterocycles. The van der Waals surface area contributed by atoms with Crippen LogP contribution in [0.4, 0.5) is 4.79 Å². The van der Waals surface area contributed by atoms with Gasteiger partial charge in [-0.1, -0.05) is 6.08 Å². The highest BCUT2D eigenvalue weighted by Gasteiger charge is 2.25. The molecule has 0 aromatic carbocycles. The van der Waals surface area contributed by atoms with Crippen LogP contribution in [0.3, 0.4) is 0 Å². The SMILES string of the molecule is COC(=O)c1ccncc1C1=CCN(C(=O)OC(C)(C)C)CC1. The molecular formula is C17H22N2O4. The Bertz CT molecular complexity index is 632. The summed E-state index contributed by atoms with van der Waals surface area (Å²) >= 11 is 0. The molecule has 23 heavy (non-hydrogen) atoms. The Morgan fingerprint density at radius 2 is 2.04 bits per heavy atom. The summed E-state index contributed by atoms with van der Waals surface area (Å²) < 4.78 is 10.2. The molecule has 2 heterocycles. The molecule has 0 radical (unpaired) electrons. The second-order valence-electron chi connectivity index (χ2n) is 6.32. The molecule has 2 rings (SSSR count). The highest BCUT2D eigenvalue weighted by Crippen LogP contribution is 2.26. The second-order valence-corrected chi connectivity index (χ2v) is 6.32. The maximum atomic E-state index is 12.1. The fourth-order valence-corrected chi connectivity index (χ4v) is 2.34. The molecule has 1 amide bonds. The summed E-state index contributed by atoms with van der Waals surface area (Å²) in [6.07, 6.45) is 5.45. The summed E-state index contributed by atoms with van der Waals surface area (Å²) in [5.41, 5.74) is 1.71. The zero-order chi connectivity index (χ0) is 17.0. The molecule has 0 spiro atoms. The third kappa shape index (κ3) is 4.31. The number of esters is 1. The van der Waals surface area contributed by atoms with Gasteiger partial charge in [0, 0.05) is 31.0 Å². The lowest BCUT2D eigenvalue weighted by Crippen LogP contribution is -2.39. The van der Waals surface area contributed by atoms with E-state index in [1.807, 2.05) is 26.8 Å².